The number of hydrogen-bond acceptors (Lipinski definition) is 7. The maximum Gasteiger partial charge on any atom is 0.416 e. The van der Waals surface area contributed by atoms with Crippen LogP contribution in [0.1, 0.15) is 70.2 Å². The molecule has 1 aromatic carbocycles. The Morgan fingerprint density at radius 1 is 1.25 bits per heavy atom. The van der Waals surface area contributed by atoms with Crippen molar-refractivity contribution in [3.8, 4) is 23.1 Å². The van der Waals surface area contributed by atoms with E-state index in [1.54, 1.807) is 26.0 Å². The van der Waals surface area contributed by atoms with Crippen LogP contribution in [0.2, 0.25) is 0 Å². The molecule has 0 unspecified atom stereocenters. The van der Waals surface area contributed by atoms with Crippen LogP contribution >= 0.6 is 0 Å². The second kappa shape index (κ2) is 11.5. The van der Waals surface area contributed by atoms with Gasteiger partial charge in [0, 0.05) is 36.2 Å². The van der Waals surface area contributed by atoms with Crippen LogP contribution < -0.4 is 4.74 Å². The van der Waals surface area contributed by atoms with Crippen molar-refractivity contribution in [1.29, 1.82) is 0 Å². The predicted molar refractivity (Wildman–Crippen MR) is 143 cm³/mol. The Kier molecular flexibility index (Phi) is 8.46. The van der Waals surface area contributed by atoms with Gasteiger partial charge in [0.25, 0.3) is 0 Å². The molecule has 1 aliphatic rings. The summed E-state index contributed by atoms with van der Waals surface area (Å²) in [6, 6.07) is 6.82. The normalized spacial score (nSPS) is 19.4. The first kappa shape index (κ1) is 29.4. The fraction of sp³-hybridized carbons (Fsp3) is 0.448. The second-order valence-electron chi connectivity index (χ2n) is 10.5. The van der Waals surface area contributed by atoms with E-state index in [9.17, 15) is 18.0 Å². The lowest BCUT2D eigenvalue weighted by molar-refractivity contribution is -0.289. The molecule has 3 heterocycles. The third kappa shape index (κ3) is 6.76. The topological polar surface area (TPSA) is 88.4 Å². The van der Waals surface area contributed by atoms with Crippen LogP contribution in [0, 0.1) is 0 Å². The van der Waals surface area contributed by atoms with Gasteiger partial charge in [-0.25, -0.2) is 9.67 Å². The number of carbonyl (C=O) groups is 1. The molecule has 8 nitrogen and oxygen atoms in total. The van der Waals surface area contributed by atoms with Crippen LogP contribution in [0.4, 0.5) is 13.2 Å². The van der Waals surface area contributed by atoms with E-state index in [2.05, 4.69) is 9.97 Å². The summed E-state index contributed by atoms with van der Waals surface area (Å²) in [6.45, 7) is 9.00. The summed E-state index contributed by atoms with van der Waals surface area (Å²) in [7, 11) is 1.43. The van der Waals surface area contributed by atoms with Gasteiger partial charge >= 0.3 is 12.2 Å². The number of Topliss-reactive ketones (excluding diaryl/α,β-unsaturated/α-hetero) is 1. The number of alkyl halides is 3. The lowest BCUT2D eigenvalue weighted by Gasteiger charge is -2.39. The van der Waals surface area contributed by atoms with E-state index in [0.717, 1.165) is 12.1 Å². The summed E-state index contributed by atoms with van der Waals surface area (Å²) < 4.78 is 59.8. The van der Waals surface area contributed by atoms with E-state index >= 15 is 0 Å². The minimum atomic E-state index is -4.52. The van der Waals surface area contributed by atoms with Gasteiger partial charge in [0.1, 0.15) is 5.78 Å². The van der Waals surface area contributed by atoms with E-state index in [1.165, 1.54) is 31.0 Å². The zero-order valence-electron chi connectivity index (χ0n) is 23.3. The fourth-order valence-corrected chi connectivity index (χ4v) is 4.79. The molecule has 0 radical (unpaired) electrons. The van der Waals surface area contributed by atoms with Gasteiger partial charge in [0.15, 0.2) is 11.6 Å². The lowest BCUT2D eigenvalue weighted by Crippen LogP contribution is -2.44. The predicted octanol–water partition coefficient (Wildman–Crippen LogP) is 6.38. The summed E-state index contributed by atoms with van der Waals surface area (Å²) in [6.07, 6.45) is 0.639. The lowest BCUT2D eigenvalue weighted by atomic mass is 9.97. The molecule has 0 saturated carbocycles. The molecular weight excluding hydrogens is 525 g/mol. The number of rotatable bonds is 8. The van der Waals surface area contributed by atoms with Gasteiger partial charge in [-0.1, -0.05) is 38.1 Å². The van der Waals surface area contributed by atoms with Gasteiger partial charge in [0.2, 0.25) is 0 Å². The first-order chi connectivity index (χ1) is 18.8. The number of ketones is 1. The highest BCUT2D eigenvalue weighted by molar-refractivity contribution is 5.77. The summed E-state index contributed by atoms with van der Waals surface area (Å²) in [5.41, 5.74) is 1.25. The molecule has 214 valence electrons. The Morgan fingerprint density at radius 2 is 2.00 bits per heavy atom. The summed E-state index contributed by atoms with van der Waals surface area (Å²) in [4.78, 5) is 20.2. The standard InChI is InChI=1S/C29H33F3N4O4/c1-17(2)25-23(11-10-21-16-22(14-18(3)37)40-28(4,5)39-21)26(19-8-7-9-20(15-19)29(30,31)32)36(35-25)24-12-13-33-27(34-24)38-6/h7-13,15,17,21-22H,14,16H2,1-6H3/b11-10+/t21-,22+/m1/s1. The molecule has 11 heteroatoms. The van der Waals surface area contributed by atoms with Gasteiger partial charge in [-0.3, -0.25) is 4.79 Å². The monoisotopic (exact) mass is 558 g/mol. The van der Waals surface area contributed by atoms with Crippen molar-refractivity contribution >= 4 is 11.9 Å². The SMILES string of the molecule is COc1nccc(-n2nc(C(C)C)c(/C=C/[C@@H]3C[C@H](CC(C)=O)OC(C)(C)O3)c2-c2cccc(C(F)(F)F)c2)n1. The number of hydrogen-bond donors (Lipinski definition) is 0. The molecular formula is C29H33F3N4O4. The average molecular weight is 559 g/mol. The Labute approximate surface area is 231 Å². The number of ether oxygens (including phenoxy) is 3. The molecule has 0 aliphatic carbocycles. The third-order valence-corrected chi connectivity index (χ3v) is 6.35. The van der Waals surface area contributed by atoms with Gasteiger partial charge in [-0.15, -0.1) is 0 Å². The Balaban J connectivity index is 1.88. The molecule has 1 fully saturated rings. The number of aromatic nitrogens is 4. The zero-order valence-corrected chi connectivity index (χ0v) is 23.3. The average Bonchev–Trinajstić information content (AvgIpc) is 3.25. The van der Waals surface area contributed by atoms with Crippen molar-refractivity contribution in [2.45, 2.75) is 77.5 Å². The van der Waals surface area contributed by atoms with Crippen LogP contribution in [0.25, 0.3) is 23.2 Å². The van der Waals surface area contributed by atoms with Gasteiger partial charge in [-0.05, 0) is 38.8 Å². The first-order valence-corrected chi connectivity index (χ1v) is 13.0. The second-order valence-corrected chi connectivity index (χ2v) is 10.5. The smallest absolute Gasteiger partial charge is 0.416 e. The fourth-order valence-electron chi connectivity index (χ4n) is 4.79. The molecule has 2 atom stereocenters. The zero-order chi connectivity index (χ0) is 29.2. The highest BCUT2D eigenvalue weighted by Gasteiger charge is 2.35. The van der Waals surface area contributed by atoms with E-state index in [0.29, 0.717) is 34.8 Å². The quantitative estimate of drug-likeness (QED) is 0.317. The van der Waals surface area contributed by atoms with Crippen molar-refractivity contribution in [2.75, 3.05) is 7.11 Å². The van der Waals surface area contributed by atoms with Crippen molar-refractivity contribution < 1.29 is 32.2 Å². The molecule has 2 aromatic heterocycles. The third-order valence-electron chi connectivity index (χ3n) is 6.35. The van der Waals surface area contributed by atoms with Crippen LogP contribution in [-0.2, 0) is 20.4 Å². The van der Waals surface area contributed by atoms with Crippen LogP contribution in [0.3, 0.4) is 0 Å². The highest BCUT2D eigenvalue weighted by atomic mass is 19.4. The minimum absolute atomic E-state index is 0.0147. The summed E-state index contributed by atoms with van der Waals surface area (Å²) in [5.74, 6) is -0.641. The van der Waals surface area contributed by atoms with Crippen LogP contribution in [0.5, 0.6) is 6.01 Å². The Morgan fingerprint density at radius 3 is 2.65 bits per heavy atom. The maximum absolute atomic E-state index is 13.7. The van der Waals surface area contributed by atoms with Crippen LogP contribution in [-0.4, -0.2) is 50.6 Å². The number of benzene rings is 1. The maximum atomic E-state index is 13.7. The van der Waals surface area contributed by atoms with E-state index in [4.69, 9.17) is 19.3 Å². The number of methoxy groups -OCH3 is 1. The van der Waals surface area contributed by atoms with E-state index < -0.39 is 23.6 Å². The molecule has 1 aliphatic heterocycles. The number of nitrogens with zero attached hydrogens (tertiary/aromatic N) is 4. The molecule has 40 heavy (non-hydrogen) atoms. The van der Waals surface area contributed by atoms with Crippen molar-refractivity contribution in [1.82, 2.24) is 19.7 Å². The van der Waals surface area contributed by atoms with Crippen molar-refractivity contribution in [3.63, 3.8) is 0 Å². The van der Waals surface area contributed by atoms with Crippen molar-refractivity contribution in [3.05, 3.63) is 59.4 Å². The Hall–Kier alpha value is -3.57. The number of carbonyl (C=O) groups excluding carboxylic acids is 1. The van der Waals surface area contributed by atoms with Gasteiger partial charge in [0.05, 0.1) is 36.3 Å². The molecule has 0 spiro atoms. The largest absolute Gasteiger partial charge is 0.467 e. The molecule has 4 rings (SSSR count). The highest BCUT2D eigenvalue weighted by Crippen LogP contribution is 2.38. The number of halogens is 3. The molecule has 0 bridgehead atoms. The van der Waals surface area contributed by atoms with E-state index in [-0.39, 0.29) is 30.2 Å². The first-order valence-electron chi connectivity index (χ1n) is 13.0. The Bertz CT molecular complexity index is 1400. The van der Waals surface area contributed by atoms with E-state index in [1.807, 2.05) is 26.0 Å². The summed E-state index contributed by atoms with van der Waals surface area (Å²) >= 11 is 0. The van der Waals surface area contributed by atoms with Gasteiger partial charge in [-0.2, -0.15) is 23.3 Å². The minimum Gasteiger partial charge on any atom is -0.467 e. The summed E-state index contributed by atoms with van der Waals surface area (Å²) in [5, 5.41) is 4.80. The molecule has 1 saturated heterocycles. The van der Waals surface area contributed by atoms with Gasteiger partial charge < -0.3 is 14.2 Å². The molecule has 0 amide bonds. The molecule has 0 N–H and O–H groups in total. The van der Waals surface area contributed by atoms with Crippen LogP contribution in [0.15, 0.2) is 42.6 Å². The van der Waals surface area contributed by atoms with Crippen molar-refractivity contribution in [2.24, 2.45) is 0 Å². The molecule has 3 aromatic rings.